The molecule has 22 heavy (non-hydrogen) atoms. The summed E-state index contributed by atoms with van der Waals surface area (Å²) in [5.74, 6) is -3.67. The maximum Gasteiger partial charge on any atom is 0.307 e. The first kappa shape index (κ1) is 15.7. The van der Waals surface area contributed by atoms with Crippen molar-refractivity contribution in [3.05, 3.63) is 24.0 Å². The molecule has 0 aliphatic heterocycles. The van der Waals surface area contributed by atoms with Crippen LogP contribution in [0.15, 0.2) is 18.3 Å². The summed E-state index contributed by atoms with van der Waals surface area (Å²) in [6.45, 7) is 2.34. The Balaban J connectivity index is 2.21. The minimum atomic E-state index is -1.01. The smallest absolute Gasteiger partial charge is 0.307 e. The SMILES string of the molecule is CCn1cc(NC(=O)[C@@H]2CC=CC[C@@H]2C(=O)O)c(C(N)=O)n1. The van der Waals surface area contributed by atoms with Gasteiger partial charge < -0.3 is 16.2 Å². The van der Waals surface area contributed by atoms with Crippen LogP contribution in [-0.4, -0.2) is 32.7 Å². The number of carbonyl (C=O) groups excluding carboxylic acids is 2. The topological polar surface area (TPSA) is 127 Å². The zero-order valence-electron chi connectivity index (χ0n) is 12.2. The molecule has 2 amide bonds. The molecule has 118 valence electrons. The predicted octanol–water partition coefficient (Wildman–Crippen LogP) is 0.607. The number of hydrogen-bond donors (Lipinski definition) is 3. The number of primary amides is 1. The van der Waals surface area contributed by atoms with Crippen LogP contribution in [0.5, 0.6) is 0 Å². The van der Waals surface area contributed by atoms with Crippen LogP contribution in [0.4, 0.5) is 5.69 Å². The maximum atomic E-state index is 12.4. The molecule has 1 aliphatic carbocycles. The molecule has 4 N–H and O–H groups in total. The summed E-state index contributed by atoms with van der Waals surface area (Å²) in [4.78, 5) is 35.0. The van der Waals surface area contributed by atoms with E-state index in [0.717, 1.165) is 0 Å². The Kier molecular flexibility index (Phi) is 4.59. The molecule has 0 fully saturated rings. The van der Waals surface area contributed by atoms with Crippen LogP contribution in [0, 0.1) is 11.8 Å². The number of amides is 2. The van der Waals surface area contributed by atoms with E-state index in [9.17, 15) is 19.5 Å². The van der Waals surface area contributed by atoms with Gasteiger partial charge in [0.25, 0.3) is 5.91 Å². The van der Waals surface area contributed by atoms with Gasteiger partial charge in [-0.1, -0.05) is 12.2 Å². The van der Waals surface area contributed by atoms with Crippen LogP contribution in [0.3, 0.4) is 0 Å². The minimum absolute atomic E-state index is 0.0339. The number of carboxylic acid groups (broad SMARTS) is 1. The van der Waals surface area contributed by atoms with Gasteiger partial charge in [0.05, 0.1) is 17.5 Å². The third-order valence-corrected chi connectivity index (χ3v) is 3.66. The normalized spacial score (nSPS) is 20.6. The Morgan fingerprint density at radius 2 is 2.00 bits per heavy atom. The van der Waals surface area contributed by atoms with Crippen molar-refractivity contribution in [2.75, 3.05) is 5.32 Å². The average molecular weight is 306 g/mol. The zero-order chi connectivity index (χ0) is 16.3. The summed E-state index contributed by atoms with van der Waals surface area (Å²) in [7, 11) is 0. The van der Waals surface area contributed by atoms with Crippen LogP contribution < -0.4 is 11.1 Å². The zero-order valence-corrected chi connectivity index (χ0v) is 12.2. The number of allylic oxidation sites excluding steroid dienone is 2. The molecular formula is C14H18N4O4. The standard InChI is InChI=1S/C14H18N4O4/c1-2-18-7-10(11(17-18)12(15)19)16-13(20)8-5-3-4-6-9(8)14(21)22/h3-4,7-9H,2,5-6H2,1H3,(H2,15,19)(H,16,20)(H,21,22)/t8-,9+/m1/s1. The van der Waals surface area contributed by atoms with Gasteiger partial charge in [-0.3, -0.25) is 19.1 Å². The predicted molar refractivity (Wildman–Crippen MR) is 78.0 cm³/mol. The van der Waals surface area contributed by atoms with Gasteiger partial charge in [-0.25, -0.2) is 0 Å². The van der Waals surface area contributed by atoms with Crippen molar-refractivity contribution < 1.29 is 19.5 Å². The first-order valence-electron chi connectivity index (χ1n) is 7.00. The van der Waals surface area contributed by atoms with Crippen molar-refractivity contribution in [2.24, 2.45) is 17.6 Å². The molecule has 0 saturated heterocycles. The third kappa shape index (κ3) is 3.16. The number of aryl methyl sites for hydroxylation is 1. The van der Waals surface area contributed by atoms with Gasteiger partial charge in [0.15, 0.2) is 5.69 Å². The Morgan fingerprint density at radius 1 is 1.36 bits per heavy atom. The van der Waals surface area contributed by atoms with Gasteiger partial charge in [-0.05, 0) is 19.8 Å². The molecule has 0 saturated carbocycles. The average Bonchev–Trinajstić information content (AvgIpc) is 2.90. The van der Waals surface area contributed by atoms with Gasteiger partial charge in [0.1, 0.15) is 0 Å². The highest BCUT2D eigenvalue weighted by Gasteiger charge is 2.34. The van der Waals surface area contributed by atoms with E-state index in [2.05, 4.69) is 10.4 Å². The third-order valence-electron chi connectivity index (χ3n) is 3.66. The Morgan fingerprint density at radius 3 is 2.55 bits per heavy atom. The lowest BCUT2D eigenvalue weighted by atomic mass is 9.82. The molecule has 0 unspecified atom stereocenters. The van der Waals surface area contributed by atoms with E-state index in [1.54, 1.807) is 12.2 Å². The Labute approximate surface area is 127 Å². The molecule has 0 spiro atoms. The van der Waals surface area contributed by atoms with Crippen LogP contribution in [0.2, 0.25) is 0 Å². The number of aliphatic carboxylic acids is 1. The summed E-state index contributed by atoms with van der Waals surface area (Å²) in [6.07, 6.45) is 5.70. The van der Waals surface area contributed by atoms with Gasteiger partial charge >= 0.3 is 5.97 Å². The van der Waals surface area contributed by atoms with E-state index in [0.29, 0.717) is 19.4 Å². The van der Waals surface area contributed by atoms with E-state index in [1.165, 1.54) is 10.9 Å². The van der Waals surface area contributed by atoms with E-state index >= 15 is 0 Å². The fourth-order valence-electron chi connectivity index (χ4n) is 2.46. The summed E-state index contributed by atoms with van der Waals surface area (Å²) >= 11 is 0. The van der Waals surface area contributed by atoms with Gasteiger partial charge in [0, 0.05) is 12.7 Å². The molecular weight excluding hydrogens is 288 g/mol. The quantitative estimate of drug-likeness (QED) is 0.687. The van der Waals surface area contributed by atoms with E-state index < -0.39 is 29.6 Å². The van der Waals surface area contributed by atoms with Crippen LogP contribution in [0.25, 0.3) is 0 Å². The molecule has 0 radical (unpaired) electrons. The first-order valence-corrected chi connectivity index (χ1v) is 7.00. The summed E-state index contributed by atoms with van der Waals surface area (Å²) in [5.41, 5.74) is 5.41. The molecule has 2 rings (SSSR count). The minimum Gasteiger partial charge on any atom is -0.481 e. The molecule has 0 aromatic carbocycles. The second-order valence-corrected chi connectivity index (χ2v) is 5.09. The van der Waals surface area contributed by atoms with Gasteiger partial charge in [0.2, 0.25) is 5.91 Å². The van der Waals surface area contributed by atoms with Crippen LogP contribution in [0.1, 0.15) is 30.3 Å². The van der Waals surface area contributed by atoms with Crippen molar-refractivity contribution in [3.63, 3.8) is 0 Å². The summed E-state index contributed by atoms with van der Waals surface area (Å²) < 4.78 is 1.48. The number of nitrogens with one attached hydrogen (secondary N) is 1. The number of anilines is 1. The molecule has 1 aliphatic rings. The number of rotatable bonds is 5. The highest BCUT2D eigenvalue weighted by atomic mass is 16.4. The molecule has 1 aromatic rings. The Hall–Kier alpha value is -2.64. The van der Waals surface area contributed by atoms with Crippen LogP contribution in [-0.2, 0) is 16.1 Å². The highest BCUT2D eigenvalue weighted by molar-refractivity contribution is 6.02. The molecule has 1 aromatic heterocycles. The molecule has 8 heteroatoms. The van der Waals surface area contributed by atoms with Crippen molar-refractivity contribution in [2.45, 2.75) is 26.3 Å². The van der Waals surface area contributed by atoms with Crippen LogP contribution >= 0.6 is 0 Å². The lowest BCUT2D eigenvalue weighted by molar-refractivity contribution is -0.146. The fraction of sp³-hybridized carbons (Fsp3) is 0.429. The monoisotopic (exact) mass is 306 g/mol. The fourth-order valence-corrected chi connectivity index (χ4v) is 2.46. The molecule has 0 bridgehead atoms. The second-order valence-electron chi connectivity index (χ2n) is 5.09. The summed E-state index contributed by atoms with van der Waals surface area (Å²) in [5, 5.41) is 15.8. The first-order chi connectivity index (χ1) is 10.4. The highest BCUT2D eigenvalue weighted by Crippen LogP contribution is 2.27. The number of nitrogens with zero attached hydrogens (tertiary/aromatic N) is 2. The van der Waals surface area contributed by atoms with E-state index in [1.807, 2.05) is 6.92 Å². The maximum absolute atomic E-state index is 12.4. The second kappa shape index (κ2) is 6.42. The lowest BCUT2D eigenvalue weighted by Crippen LogP contribution is -2.35. The van der Waals surface area contributed by atoms with E-state index in [4.69, 9.17) is 5.73 Å². The van der Waals surface area contributed by atoms with E-state index in [-0.39, 0.29) is 11.4 Å². The lowest BCUT2D eigenvalue weighted by Gasteiger charge is -2.24. The largest absolute Gasteiger partial charge is 0.481 e. The number of carboxylic acids is 1. The number of carbonyl (C=O) groups is 3. The number of nitrogens with two attached hydrogens (primary N) is 1. The van der Waals surface area contributed by atoms with Crippen molar-refractivity contribution in [1.82, 2.24) is 9.78 Å². The Bertz CT molecular complexity index is 635. The molecule has 1 heterocycles. The number of aromatic nitrogens is 2. The van der Waals surface area contributed by atoms with Gasteiger partial charge in [-0.2, -0.15) is 5.10 Å². The molecule has 8 nitrogen and oxygen atoms in total. The van der Waals surface area contributed by atoms with Crippen molar-refractivity contribution in [1.29, 1.82) is 0 Å². The van der Waals surface area contributed by atoms with Crippen molar-refractivity contribution in [3.8, 4) is 0 Å². The molecule has 2 atom stereocenters. The van der Waals surface area contributed by atoms with Gasteiger partial charge in [-0.15, -0.1) is 0 Å². The van der Waals surface area contributed by atoms with Crippen molar-refractivity contribution >= 4 is 23.5 Å². The summed E-state index contributed by atoms with van der Waals surface area (Å²) in [6, 6.07) is 0. The number of hydrogen-bond acceptors (Lipinski definition) is 4.